The van der Waals surface area contributed by atoms with Crippen molar-refractivity contribution in [2.24, 2.45) is 0 Å². The fourth-order valence-corrected chi connectivity index (χ4v) is 4.98. The number of thioether (sulfide) groups is 1. The van der Waals surface area contributed by atoms with Crippen LogP contribution in [-0.2, 0) is 15.8 Å². The van der Waals surface area contributed by atoms with Gasteiger partial charge in [0.1, 0.15) is 0 Å². The van der Waals surface area contributed by atoms with Crippen LogP contribution in [-0.4, -0.2) is 24.3 Å². The van der Waals surface area contributed by atoms with Crippen molar-refractivity contribution in [2.75, 3.05) is 10.0 Å². The van der Waals surface area contributed by atoms with Crippen molar-refractivity contribution in [3.8, 4) is 0 Å². The maximum Gasteiger partial charge on any atom is 0.264 e. The van der Waals surface area contributed by atoms with Crippen LogP contribution in [0, 0.1) is 6.92 Å². The van der Waals surface area contributed by atoms with Crippen molar-refractivity contribution < 1.29 is 13.2 Å². The number of aryl methyl sites for hydroxylation is 1. The van der Waals surface area contributed by atoms with E-state index in [0.717, 1.165) is 16.2 Å². The van der Waals surface area contributed by atoms with Gasteiger partial charge in [0.05, 0.1) is 4.90 Å². The number of nitrogens with one attached hydrogen (secondary N) is 2. The smallest absolute Gasteiger partial charge is 0.264 e. The summed E-state index contributed by atoms with van der Waals surface area (Å²) in [6.45, 7) is 1.74. The topological polar surface area (TPSA) is 101 Å². The van der Waals surface area contributed by atoms with Gasteiger partial charge in [-0.05, 0) is 79.2 Å². The van der Waals surface area contributed by atoms with Crippen molar-refractivity contribution in [2.45, 2.75) is 22.5 Å². The molecule has 0 aliphatic rings. The van der Waals surface area contributed by atoms with Crippen LogP contribution < -0.4 is 10.0 Å². The molecule has 4 rings (SSSR count). The fraction of sp³-hybridized carbons (Fsp3) is 0.0800. The highest BCUT2D eigenvalue weighted by Crippen LogP contribution is 2.24. The lowest BCUT2D eigenvalue weighted by Gasteiger charge is -2.09. The van der Waals surface area contributed by atoms with Crippen LogP contribution in [0.4, 0.5) is 11.6 Å². The molecule has 0 atom stereocenters. The van der Waals surface area contributed by atoms with Gasteiger partial charge in [0.25, 0.3) is 15.9 Å². The second-order valence-corrected chi connectivity index (χ2v) is 10.7. The van der Waals surface area contributed by atoms with E-state index >= 15 is 0 Å². The number of hydrogen-bond donors (Lipinski definition) is 2. The highest BCUT2D eigenvalue weighted by atomic mass is 35.5. The first-order valence-corrected chi connectivity index (χ1v) is 13.3. The lowest BCUT2D eigenvalue weighted by molar-refractivity contribution is 0.102. The molecule has 3 aromatic carbocycles. The third kappa shape index (κ3) is 6.82. The minimum atomic E-state index is -3.86. The van der Waals surface area contributed by atoms with Crippen molar-refractivity contribution in [1.29, 1.82) is 0 Å². The molecule has 0 radical (unpaired) electrons. The summed E-state index contributed by atoms with van der Waals surface area (Å²) in [4.78, 5) is 21.7. The molecule has 0 unspecified atom stereocenters. The van der Waals surface area contributed by atoms with Crippen LogP contribution in [0.1, 0.15) is 21.6 Å². The number of carbonyl (C=O) groups excluding carboxylic acids is 1. The largest absolute Gasteiger partial charge is 0.322 e. The molecule has 1 aromatic heterocycles. The standard InChI is InChI=1S/C25H21ClN4O3S2/c1-17-14-15-27-25(28-17)30-35(32,33)23-12-8-21(9-13-23)29-24(31)19-4-2-18(3-5-19)16-34-22-10-6-20(26)7-11-22/h2-15H,16H2,1H3,(H,29,31)(H,27,28,30). The summed E-state index contributed by atoms with van der Waals surface area (Å²) in [5.41, 5.74) is 2.70. The van der Waals surface area contributed by atoms with E-state index in [-0.39, 0.29) is 16.8 Å². The van der Waals surface area contributed by atoms with Crippen LogP contribution >= 0.6 is 23.4 Å². The Kier molecular flexibility index (Phi) is 7.70. The number of aromatic nitrogens is 2. The van der Waals surface area contributed by atoms with Crippen molar-refractivity contribution in [3.05, 3.63) is 107 Å². The molecular weight excluding hydrogens is 504 g/mol. The van der Waals surface area contributed by atoms with Gasteiger partial charge in [0.15, 0.2) is 0 Å². The third-order valence-electron chi connectivity index (χ3n) is 4.88. The van der Waals surface area contributed by atoms with E-state index in [0.29, 0.717) is 22.0 Å². The van der Waals surface area contributed by atoms with Gasteiger partial charge in [0, 0.05) is 38.8 Å². The lowest BCUT2D eigenvalue weighted by atomic mass is 10.1. The molecular formula is C25H21ClN4O3S2. The minimum Gasteiger partial charge on any atom is -0.322 e. The Bertz CT molecular complexity index is 1430. The molecule has 10 heteroatoms. The molecule has 0 aliphatic carbocycles. The number of hydrogen-bond acceptors (Lipinski definition) is 6. The van der Waals surface area contributed by atoms with Gasteiger partial charge in [-0.15, -0.1) is 11.8 Å². The number of halogens is 1. The van der Waals surface area contributed by atoms with Crippen molar-refractivity contribution in [3.63, 3.8) is 0 Å². The minimum absolute atomic E-state index is 0.00241. The highest BCUT2D eigenvalue weighted by Gasteiger charge is 2.16. The van der Waals surface area contributed by atoms with Crippen LogP contribution in [0.25, 0.3) is 0 Å². The van der Waals surface area contributed by atoms with E-state index < -0.39 is 10.0 Å². The number of carbonyl (C=O) groups is 1. The van der Waals surface area contributed by atoms with Gasteiger partial charge in [0.2, 0.25) is 5.95 Å². The number of anilines is 2. The van der Waals surface area contributed by atoms with E-state index in [4.69, 9.17) is 11.6 Å². The van der Waals surface area contributed by atoms with Gasteiger partial charge >= 0.3 is 0 Å². The van der Waals surface area contributed by atoms with Crippen molar-refractivity contribution in [1.82, 2.24) is 9.97 Å². The Morgan fingerprint density at radius 2 is 1.63 bits per heavy atom. The molecule has 7 nitrogen and oxygen atoms in total. The lowest BCUT2D eigenvalue weighted by Crippen LogP contribution is -2.16. The summed E-state index contributed by atoms with van der Waals surface area (Å²) < 4.78 is 27.5. The Morgan fingerprint density at radius 3 is 2.29 bits per heavy atom. The van der Waals surface area contributed by atoms with Gasteiger partial charge in [-0.1, -0.05) is 23.7 Å². The Labute approximate surface area is 213 Å². The first kappa shape index (κ1) is 24.7. The summed E-state index contributed by atoms with van der Waals surface area (Å²) in [7, 11) is -3.86. The van der Waals surface area contributed by atoms with Gasteiger partial charge < -0.3 is 5.32 Å². The Balaban J connectivity index is 1.35. The zero-order valence-electron chi connectivity index (χ0n) is 18.6. The zero-order valence-corrected chi connectivity index (χ0v) is 21.0. The maximum absolute atomic E-state index is 12.6. The molecule has 1 amide bonds. The summed E-state index contributed by atoms with van der Waals surface area (Å²) >= 11 is 7.60. The molecule has 2 N–H and O–H groups in total. The second kappa shape index (κ2) is 10.9. The summed E-state index contributed by atoms with van der Waals surface area (Å²) in [6, 6.07) is 22.5. The molecule has 4 aromatic rings. The summed E-state index contributed by atoms with van der Waals surface area (Å²) in [5.74, 6) is 0.474. The van der Waals surface area contributed by atoms with Crippen LogP contribution in [0.3, 0.4) is 0 Å². The number of rotatable bonds is 8. The fourth-order valence-electron chi connectivity index (χ4n) is 3.05. The average molecular weight is 525 g/mol. The van der Waals surface area contributed by atoms with E-state index in [1.807, 2.05) is 36.4 Å². The molecule has 0 spiro atoms. The van der Waals surface area contributed by atoms with Gasteiger partial charge in [-0.2, -0.15) is 0 Å². The average Bonchev–Trinajstić information content (AvgIpc) is 2.84. The predicted octanol–water partition coefficient (Wildman–Crippen LogP) is 5.78. The molecule has 35 heavy (non-hydrogen) atoms. The molecule has 178 valence electrons. The zero-order chi connectivity index (χ0) is 24.8. The number of nitrogens with zero attached hydrogens (tertiary/aromatic N) is 2. The molecule has 0 saturated heterocycles. The Morgan fingerprint density at radius 1 is 0.943 bits per heavy atom. The third-order valence-corrected chi connectivity index (χ3v) is 7.56. The van der Waals surface area contributed by atoms with Crippen LogP contribution in [0.5, 0.6) is 0 Å². The second-order valence-electron chi connectivity index (χ2n) is 7.55. The van der Waals surface area contributed by atoms with E-state index in [1.54, 1.807) is 36.9 Å². The monoisotopic (exact) mass is 524 g/mol. The highest BCUT2D eigenvalue weighted by molar-refractivity contribution is 7.98. The molecule has 1 heterocycles. The molecule has 0 saturated carbocycles. The SMILES string of the molecule is Cc1ccnc(NS(=O)(=O)c2ccc(NC(=O)c3ccc(CSc4ccc(Cl)cc4)cc3)cc2)n1. The first-order chi connectivity index (χ1) is 16.8. The summed E-state index contributed by atoms with van der Waals surface area (Å²) in [5, 5.41) is 3.48. The summed E-state index contributed by atoms with van der Waals surface area (Å²) in [6.07, 6.45) is 1.48. The van der Waals surface area contributed by atoms with Crippen LogP contribution in [0.2, 0.25) is 5.02 Å². The first-order valence-electron chi connectivity index (χ1n) is 10.5. The maximum atomic E-state index is 12.6. The van der Waals surface area contributed by atoms with Crippen LogP contribution in [0.15, 0.2) is 94.9 Å². The van der Waals surface area contributed by atoms with E-state index in [1.165, 1.54) is 30.5 Å². The number of amides is 1. The van der Waals surface area contributed by atoms with Gasteiger partial charge in [-0.25, -0.2) is 23.1 Å². The molecule has 0 aliphatic heterocycles. The van der Waals surface area contributed by atoms with Crippen molar-refractivity contribution >= 4 is 50.9 Å². The number of sulfonamides is 1. The number of benzene rings is 3. The Hall–Kier alpha value is -3.40. The van der Waals surface area contributed by atoms with Gasteiger partial charge in [-0.3, -0.25) is 4.79 Å². The predicted molar refractivity (Wildman–Crippen MR) is 139 cm³/mol. The van der Waals surface area contributed by atoms with E-state index in [2.05, 4.69) is 20.0 Å². The quantitative estimate of drug-likeness (QED) is 0.283. The normalized spacial score (nSPS) is 11.1. The molecule has 0 bridgehead atoms. The molecule has 0 fully saturated rings. The van der Waals surface area contributed by atoms with E-state index in [9.17, 15) is 13.2 Å².